The van der Waals surface area contributed by atoms with Crippen LogP contribution in [0.15, 0.2) is 12.1 Å². The number of carbonyl (C=O) groups excluding carboxylic acids is 1. The quantitative estimate of drug-likeness (QED) is 0.710. The van der Waals surface area contributed by atoms with Crippen molar-refractivity contribution in [3.05, 3.63) is 17.7 Å². The Morgan fingerprint density at radius 2 is 2.12 bits per heavy atom. The molecule has 2 N–H and O–H groups in total. The zero-order chi connectivity index (χ0) is 11.7. The van der Waals surface area contributed by atoms with Crippen molar-refractivity contribution in [2.24, 2.45) is 0 Å². The molecule has 86 valence electrons. The minimum absolute atomic E-state index is 0.163. The van der Waals surface area contributed by atoms with Gasteiger partial charge in [-0.3, -0.25) is 4.90 Å². The van der Waals surface area contributed by atoms with Crippen LogP contribution >= 0.6 is 0 Å². The van der Waals surface area contributed by atoms with E-state index in [-0.39, 0.29) is 11.5 Å². The number of phenolic OH excluding ortho intramolecular Hbond substituents is 2. The number of hydrogen-bond donors (Lipinski definition) is 2. The predicted molar refractivity (Wildman–Crippen MR) is 57.8 cm³/mol. The molecule has 5 nitrogen and oxygen atoms in total. The molecule has 0 bridgehead atoms. The molecule has 0 saturated heterocycles. The fraction of sp³-hybridized carbons (Fsp3) is 0.364. The maximum atomic E-state index is 11.6. The SMILES string of the molecule is CCOC(=O)N1CCc2cc(O)c(O)cc21. The lowest BCUT2D eigenvalue weighted by molar-refractivity contribution is 0.160. The van der Waals surface area contributed by atoms with Crippen LogP contribution in [0.4, 0.5) is 10.5 Å². The van der Waals surface area contributed by atoms with Gasteiger partial charge in [0.05, 0.1) is 12.3 Å². The lowest BCUT2D eigenvalue weighted by Gasteiger charge is -2.16. The van der Waals surface area contributed by atoms with Gasteiger partial charge < -0.3 is 14.9 Å². The summed E-state index contributed by atoms with van der Waals surface area (Å²) in [5, 5.41) is 18.7. The summed E-state index contributed by atoms with van der Waals surface area (Å²) in [6.45, 7) is 2.56. The van der Waals surface area contributed by atoms with E-state index in [1.807, 2.05) is 0 Å². The number of rotatable bonds is 1. The lowest BCUT2D eigenvalue weighted by atomic mass is 10.1. The summed E-state index contributed by atoms with van der Waals surface area (Å²) in [4.78, 5) is 13.0. The van der Waals surface area contributed by atoms with Crippen LogP contribution in [0.2, 0.25) is 0 Å². The number of anilines is 1. The van der Waals surface area contributed by atoms with Crippen molar-refractivity contribution >= 4 is 11.8 Å². The third kappa shape index (κ3) is 1.64. The van der Waals surface area contributed by atoms with E-state index < -0.39 is 6.09 Å². The molecule has 1 aromatic carbocycles. The average molecular weight is 223 g/mol. The summed E-state index contributed by atoms with van der Waals surface area (Å²) in [5.74, 6) is -0.389. The molecule has 1 aliphatic rings. The van der Waals surface area contributed by atoms with Crippen molar-refractivity contribution in [3.8, 4) is 11.5 Å². The zero-order valence-corrected chi connectivity index (χ0v) is 8.93. The van der Waals surface area contributed by atoms with Crippen LogP contribution in [-0.2, 0) is 11.2 Å². The molecule has 16 heavy (non-hydrogen) atoms. The van der Waals surface area contributed by atoms with Gasteiger partial charge in [0.2, 0.25) is 0 Å². The predicted octanol–water partition coefficient (Wildman–Crippen LogP) is 1.62. The minimum atomic E-state index is -0.425. The van der Waals surface area contributed by atoms with E-state index in [9.17, 15) is 15.0 Å². The Labute approximate surface area is 92.9 Å². The first-order valence-electron chi connectivity index (χ1n) is 5.12. The number of benzene rings is 1. The van der Waals surface area contributed by atoms with Gasteiger partial charge in [-0.1, -0.05) is 0 Å². The molecule has 0 saturated carbocycles. The van der Waals surface area contributed by atoms with Crippen LogP contribution in [0.3, 0.4) is 0 Å². The van der Waals surface area contributed by atoms with Gasteiger partial charge in [-0.25, -0.2) is 4.79 Å². The Balaban J connectivity index is 2.32. The van der Waals surface area contributed by atoms with Crippen molar-refractivity contribution in [3.63, 3.8) is 0 Å². The highest BCUT2D eigenvalue weighted by atomic mass is 16.6. The molecule has 0 spiro atoms. The van der Waals surface area contributed by atoms with Crippen molar-refractivity contribution in [2.75, 3.05) is 18.1 Å². The largest absolute Gasteiger partial charge is 0.504 e. The molecule has 0 aromatic heterocycles. The maximum absolute atomic E-state index is 11.6. The number of phenols is 2. The first-order valence-corrected chi connectivity index (χ1v) is 5.12. The van der Waals surface area contributed by atoms with Gasteiger partial charge in [-0.15, -0.1) is 0 Å². The molecule has 0 aliphatic carbocycles. The number of fused-ring (bicyclic) bond motifs is 1. The van der Waals surface area contributed by atoms with E-state index in [4.69, 9.17) is 4.74 Å². The summed E-state index contributed by atoms with van der Waals surface area (Å²) in [5.41, 5.74) is 1.44. The highest BCUT2D eigenvalue weighted by Crippen LogP contribution is 2.37. The second-order valence-electron chi connectivity index (χ2n) is 3.57. The molecule has 0 atom stereocenters. The Morgan fingerprint density at radius 1 is 1.44 bits per heavy atom. The molecule has 1 amide bonds. The number of ether oxygens (including phenoxy) is 1. The fourth-order valence-corrected chi connectivity index (χ4v) is 1.80. The van der Waals surface area contributed by atoms with Crippen molar-refractivity contribution in [1.82, 2.24) is 0 Å². The summed E-state index contributed by atoms with van der Waals surface area (Å²) < 4.78 is 4.90. The monoisotopic (exact) mass is 223 g/mol. The van der Waals surface area contributed by atoms with Gasteiger partial charge in [-0.2, -0.15) is 0 Å². The molecule has 1 aliphatic heterocycles. The summed E-state index contributed by atoms with van der Waals surface area (Å²) >= 11 is 0. The van der Waals surface area contributed by atoms with Gasteiger partial charge in [0.25, 0.3) is 0 Å². The standard InChI is InChI=1S/C11H13NO4/c1-2-16-11(15)12-4-3-7-5-9(13)10(14)6-8(7)12/h5-6,13-14H,2-4H2,1H3. The lowest BCUT2D eigenvalue weighted by Crippen LogP contribution is -2.29. The molecule has 1 aromatic rings. The molecule has 1 heterocycles. The third-order valence-electron chi connectivity index (χ3n) is 2.56. The Kier molecular flexibility index (Phi) is 2.60. The molecule has 0 fully saturated rings. The third-order valence-corrected chi connectivity index (χ3v) is 2.56. The van der Waals surface area contributed by atoms with Crippen LogP contribution in [0.25, 0.3) is 0 Å². The zero-order valence-electron chi connectivity index (χ0n) is 8.93. The first kappa shape index (κ1) is 10.6. The van der Waals surface area contributed by atoms with Crippen LogP contribution in [-0.4, -0.2) is 29.5 Å². The van der Waals surface area contributed by atoms with Crippen molar-refractivity contribution < 1.29 is 19.7 Å². The number of aromatic hydroxyl groups is 2. The normalized spacial score (nSPS) is 13.7. The van der Waals surface area contributed by atoms with Crippen molar-refractivity contribution in [2.45, 2.75) is 13.3 Å². The summed E-state index contributed by atoms with van der Waals surface area (Å²) in [7, 11) is 0. The van der Waals surface area contributed by atoms with Crippen LogP contribution in [0.1, 0.15) is 12.5 Å². The van der Waals surface area contributed by atoms with Gasteiger partial charge in [0, 0.05) is 12.6 Å². The molecule has 0 radical (unpaired) electrons. The maximum Gasteiger partial charge on any atom is 0.414 e. The van der Waals surface area contributed by atoms with Crippen LogP contribution in [0, 0.1) is 0 Å². The number of nitrogens with zero attached hydrogens (tertiary/aromatic N) is 1. The van der Waals surface area contributed by atoms with Gasteiger partial charge in [-0.05, 0) is 25.0 Å². The summed E-state index contributed by atoms with van der Waals surface area (Å²) in [6.07, 6.45) is 0.230. The highest BCUT2D eigenvalue weighted by molar-refractivity contribution is 5.91. The fourth-order valence-electron chi connectivity index (χ4n) is 1.80. The smallest absolute Gasteiger partial charge is 0.414 e. The highest BCUT2D eigenvalue weighted by Gasteiger charge is 2.27. The van der Waals surface area contributed by atoms with E-state index in [2.05, 4.69) is 0 Å². The van der Waals surface area contributed by atoms with Crippen LogP contribution < -0.4 is 4.90 Å². The molecule has 0 unspecified atom stereocenters. The molecular weight excluding hydrogens is 210 g/mol. The average Bonchev–Trinajstić information content (AvgIpc) is 2.62. The van der Waals surface area contributed by atoms with Gasteiger partial charge >= 0.3 is 6.09 Å². The Hall–Kier alpha value is -1.91. The Bertz CT molecular complexity index is 430. The number of hydrogen-bond acceptors (Lipinski definition) is 4. The summed E-state index contributed by atoms with van der Waals surface area (Å²) in [6, 6.07) is 2.86. The second-order valence-corrected chi connectivity index (χ2v) is 3.57. The molecule has 5 heteroatoms. The van der Waals surface area contributed by atoms with Gasteiger partial charge in [0.1, 0.15) is 0 Å². The number of carbonyl (C=O) groups is 1. The molecule has 2 rings (SSSR count). The first-order chi connectivity index (χ1) is 7.63. The second kappa shape index (κ2) is 3.92. The van der Waals surface area contributed by atoms with E-state index in [0.717, 1.165) is 5.56 Å². The minimum Gasteiger partial charge on any atom is -0.504 e. The van der Waals surface area contributed by atoms with E-state index in [0.29, 0.717) is 25.3 Å². The van der Waals surface area contributed by atoms with Crippen LogP contribution in [0.5, 0.6) is 11.5 Å². The van der Waals surface area contributed by atoms with E-state index in [1.54, 1.807) is 6.92 Å². The number of amides is 1. The van der Waals surface area contributed by atoms with E-state index >= 15 is 0 Å². The van der Waals surface area contributed by atoms with E-state index in [1.165, 1.54) is 17.0 Å². The topological polar surface area (TPSA) is 70.0 Å². The molecular formula is C11H13NO4. The van der Waals surface area contributed by atoms with Gasteiger partial charge in [0.15, 0.2) is 11.5 Å². The Morgan fingerprint density at radius 3 is 2.81 bits per heavy atom. The van der Waals surface area contributed by atoms with Crippen molar-refractivity contribution in [1.29, 1.82) is 0 Å².